The fourth-order valence-electron chi connectivity index (χ4n) is 3.73. The molecule has 5 rings (SSSR count). The molecule has 5 aromatic rings. The molecule has 152 valence electrons. The van der Waals surface area contributed by atoms with Crippen molar-refractivity contribution < 1.29 is 0 Å². The van der Waals surface area contributed by atoms with E-state index in [2.05, 4.69) is 93.4 Å². The van der Waals surface area contributed by atoms with Gasteiger partial charge >= 0.3 is 0 Å². The molecule has 0 bridgehead atoms. The second-order valence-corrected chi connectivity index (χ2v) is 8.27. The molecule has 4 nitrogen and oxygen atoms in total. The second-order valence-electron chi connectivity index (χ2n) is 7.32. The maximum Gasteiger partial charge on any atom is 0.196 e. The monoisotopic (exact) mass is 422 g/mol. The highest BCUT2D eigenvalue weighted by Crippen LogP contribution is 2.31. The van der Waals surface area contributed by atoms with Gasteiger partial charge in [-0.1, -0.05) is 73.3 Å². The number of hydrogen-bond donors (Lipinski definition) is 0. The molecule has 0 saturated carbocycles. The van der Waals surface area contributed by atoms with Gasteiger partial charge in [0.2, 0.25) is 0 Å². The molecule has 0 saturated heterocycles. The first-order chi connectivity index (χ1) is 15.3. The lowest BCUT2D eigenvalue weighted by molar-refractivity contribution is 0.885. The standard InChI is InChI=1S/C26H22N4S/c1-2-19-10-12-23(13-11-19)30-25(21-14-16-27-17-15-21)28-29-26(30)31-18-22-8-5-7-20-6-3-4-9-24(20)22/h3-17H,2,18H2,1H3. The first-order valence-corrected chi connectivity index (χ1v) is 11.4. The summed E-state index contributed by atoms with van der Waals surface area (Å²) in [5.41, 5.74) is 4.67. The third-order valence-electron chi connectivity index (χ3n) is 5.41. The van der Waals surface area contributed by atoms with Crippen molar-refractivity contribution in [1.29, 1.82) is 0 Å². The van der Waals surface area contributed by atoms with Crippen LogP contribution in [0.5, 0.6) is 0 Å². The SMILES string of the molecule is CCc1ccc(-n2c(SCc3cccc4ccccc34)nnc2-c2ccncc2)cc1. The predicted octanol–water partition coefficient (Wildman–Crippen LogP) is 6.34. The summed E-state index contributed by atoms with van der Waals surface area (Å²) in [7, 11) is 0. The van der Waals surface area contributed by atoms with Gasteiger partial charge in [0, 0.05) is 29.4 Å². The Balaban J connectivity index is 1.54. The highest BCUT2D eigenvalue weighted by atomic mass is 32.2. The molecule has 0 aliphatic heterocycles. The zero-order valence-electron chi connectivity index (χ0n) is 17.3. The van der Waals surface area contributed by atoms with E-state index in [0.717, 1.165) is 34.4 Å². The van der Waals surface area contributed by atoms with Crippen molar-refractivity contribution in [2.45, 2.75) is 24.3 Å². The molecule has 5 heteroatoms. The van der Waals surface area contributed by atoms with Gasteiger partial charge < -0.3 is 0 Å². The van der Waals surface area contributed by atoms with E-state index in [0.29, 0.717) is 0 Å². The summed E-state index contributed by atoms with van der Waals surface area (Å²) >= 11 is 1.71. The average molecular weight is 423 g/mol. The van der Waals surface area contributed by atoms with Gasteiger partial charge in [0.25, 0.3) is 0 Å². The Morgan fingerprint density at radius 2 is 1.58 bits per heavy atom. The predicted molar refractivity (Wildman–Crippen MR) is 127 cm³/mol. The molecule has 0 N–H and O–H groups in total. The second kappa shape index (κ2) is 8.74. The van der Waals surface area contributed by atoms with Gasteiger partial charge in [-0.05, 0) is 52.6 Å². The smallest absolute Gasteiger partial charge is 0.196 e. The van der Waals surface area contributed by atoms with E-state index in [-0.39, 0.29) is 0 Å². The number of rotatable bonds is 6. The van der Waals surface area contributed by atoms with Crippen LogP contribution in [0.2, 0.25) is 0 Å². The van der Waals surface area contributed by atoms with Gasteiger partial charge in [-0.15, -0.1) is 10.2 Å². The highest BCUT2D eigenvalue weighted by molar-refractivity contribution is 7.98. The third-order valence-corrected chi connectivity index (χ3v) is 6.39. The van der Waals surface area contributed by atoms with E-state index in [1.165, 1.54) is 21.9 Å². The molecule has 2 heterocycles. The van der Waals surface area contributed by atoms with Crippen molar-refractivity contribution in [2.75, 3.05) is 0 Å². The average Bonchev–Trinajstić information content (AvgIpc) is 3.27. The highest BCUT2D eigenvalue weighted by Gasteiger charge is 2.16. The normalized spacial score (nSPS) is 11.1. The van der Waals surface area contributed by atoms with Crippen molar-refractivity contribution in [3.05, 3.63) is 102 Å². The number of aromatic nitrogens is 4. The summed E-state index contributed by atoms with van der Waals surface area (Å²) < 4.78 is 2.14. The first kappa shape index (κ1) is 19.5. The maximum absolute atomic E-state index is 4.56. The van der Waals surface area contributed by atoms with Gasteiger partial charge in [-0.2, -0.15) is 0 Å². The van der Waals surface area contributed by atoms with Crippen LogP contribution in [0.25, 0.3) is 27.8 Å². The molecule has 2 aromatic heterocycles. The fraction of sp³-hybridized carbons (Fsp3) is 0.115. The van der Waals surface area contributed by atoms with Gasteiger partial charge in [0.15, 0.2) is 11.0 Å². The van der Waals surface area contributed by atoms with Crippen LogP contribution in [0.15, 0.2) is 96.4 Å². The minimum Gasteiger partial charge on any atom is -0.270 e. The summed E-state index contributed by atoms with van der Waals surface area (Å²) in [6, 6.07) is 27.6. The van der Waals surface area contributed by atoms with Crippen LogP contribution in [0, 0.1) is 0 Å². The lowest BCUT2D eigenvalue weighted by Gasteiger charge is -2.12. The molecule has 0 atom stereocenters. The molecule has 0 amide bonds. The quantitative estimate of drug-likeness (QED) is 0.300. The van der Waals surface area contributed by atoms with Gasteiger partial charge in [0.1, 0.15) is 0 Å². The van der Waals surface area contributed by atoms with Gasteiger partial charge in [0.05, 0.1) is 0 Å². The Hall–Kier alpha value is -3.44. The van der Waals surface area contributed by atoms with Crippen molar-refractivity contribution in [2.24, 2.45) is 0 Å². The Morgan fingerprint density at radius 3 is 2.39 bits per heavy atom. The first-order valence-electron chi connectivity index (χ1n) is 10.4. The van der Waals surface area contributed by atoms with Crippen LogP contribution in [0.3, 0.4) is 0 Å². The van der Waals surface area contributed by atoms with Crippen molar-refractivity contribution in [3.63, 3.8) is 0 Å². The summed E-state index contributed by atoms with van der Waals surface area (Å²) in [5, 5.41) is 12.5. The molecule has 0 fully saturated rings. The minimum absolute atomic E-state index is 0.822. The van der Waals surface area contributed by atoms with Crippen molar-refractivity contribution >= 4 is 22.5 Å². The molecule has 31 heavy (non-hydrogen) atoms. The lowest BCUT2D eigenvalue weighted by atomic mass is 10.1. The van der Waals surface area contributed by atoms with Crippen LogP contribution in [0.4, 0.5) is 0 Å². The van der Waals surface area contributed by atoms with Crippen LogP contribution >= 0.6 is 11.8 Å². The van der Waals surface area contributed by atoms with Crippen LogP contribution in [-0.4, -0.2) is 19.7 Å². The number of fused-ring (bicyclic) bond motifs is 1. The van der Waals surface area contributed by atoms with Crippen LogP contribution in [0.1, 0.15) is 18.1 Å². The van der Waals surface area contributed by atoms with Crippen LogP contribution < -0.4 is 0 Å². The van der Waals surface area contributed by atoms with E-state index >= 15 is 0 Å². The summed E-state index contributed by atoms with van der Waals surface area (Å²) in [6.07, 6.45) is 4.59. The summed E-state index contributed by atoms with van der Waals surface area (Å²) in [5.74, 6) is 1.65. The molecule has 0 spiro atoms. The molecule has 3 aromatic carbocycles. The number of thioether (sulfide) groups is 1. The van der Waals surface area contributed by atoms with Crippen molar-refractivity contribution in [1.82, 2.24) is 19.7 Å². The molecular formula is C26H22N4S. The number of nitrogens with zero attached hydrogens (tertiary/aromatic N) is 4. The van der Waals surface area contributed by atoms with E-state index in [9.17, 15) is 0 Å². The van der Waals surface area contributed by atoms with Gasteiger partial charge in [-0.3, -0.25) is 9.55 Å². The number of hydrogen-bond acceptors (Lipinski definition) is 4. The minimum atomic E-state index is 0.822. The zero-order valence-corrected chi connectivity index (χ0v) is 18.1. The van der Waals surface area contributed by atoms with Gasteiger partial charge in [-0.25, -0.2) is 0 Å². The Morgan fingerprint density at radius 1 is 0.806 bits per heavy atom. The Bertz CT molecular complexity index is 1310. The third kappa shape index (κ3) is 3.97. The number of aryl methyl sites for hydroxylation is 1. The molecule has 0 aliphatic rings. The molecule has 0 radical (unpaired) electrons. The van der Waals surface area contributed by atoms with Crippen LogP contribution in [-0.2, 0) is 12.2 Å². The largest absolute Gasteiger partial charge is 0.270 e. The van der Waals surface area contributed by atoms with E-state index in [4.69, 9.17) is 0 Å². The molecule has 0 unspecified atom stereocenters. The lowest BCUT2D eigenvalue weighted by Crippen LogP contribution is -2.00. The summed E-state index contributed by atoms with van der Waals surface area (Å²) in [6.45, 7) is 2.17. The van der Waals surface area contributed by atoms with Crippen molar-refractivity contribution in [3.8, 4) is 17.1 Å². The topological polar surface area (TPSA) is 43.6 Å². The number of benzene rings is 3. The Kier molecular flexibility index (Phi) is 5.50. The maximum atomic E-state index is 4.56. The summed E-state index contributed by atoms with van der Waals surface area (Å²) in [4.78, 5) is 4.15. The van der Waals surface area contributed by atoms with E-state index in [1.54, 1.807) is 24.2 Å². The number of pyridine rings is 1. The Labute approximate surface area is 186 Å². The molecule has 0 aliphatic carbocycles. The fourth-order valence-corrected chi connectivity index (χ4v) is 4.68. The van der Waals surface area contributed by atoms with E-state index in [1.807, 2.05) is 12.1 Å². The molecular weight excluding hydrogens is 400 g/mol. The zero-order chi connectivity index (χ0) is 21.0. The van der Waals surface area contributed by atoms with E-state index < -0.39 is 0 Å².